The zero-order chi connectivity index (χ0) is 14.5. The molecule has 1 aliphatic rings. The molecule has 0 spiro atoms. The molecular weight excluding hydrogens is 264 g/mol. The van der Waals surface area contributed by atoms with E-state index in [9.17, 15) is 4.79 Å². The van der Waals surface area contributed by atoms with E-state index in [0.717, 1.165) is 44.7 Å². The highest BCUT2D eigenvalue weighted by atomic mass is 16.2. The Bertz CT molecular complexity index is 623. The van der Waals surface area contributed by atoms with Crippen LogP contribution in [-0.2, 0) is 6.42 Å². The molecule has 2 aromatic rings. The maximum atomic E-state index is 11.4. The highest BCUT2D eigenvalue weighted by Crippen LogP contribution is 2.15. The topological polar surface area (TPSA) is 57.3 Å². The van der Waals surface area contributed by atoms with E-state index >= 15 is 0 Å². The summed E-state index contributed by atoms with van der Waals surface area (Å²) < 4.78 is 0. The number of benzene rings is 1. The fourth-order valence-corrected chi connectivity index (χ4v) is 2.66. The first kappa shape index (κ1) is 13.8. The van der Waals surface area contributed by atoms with Crippen LogP contribution in [0.25, 0.3) is 10.9 Å². The summed E-state index contributed by atoms with van der Waals surface area (Å²) in [6.45, 7) is 4.06. The Morgan fingerprint density at radius 3 is 3.00 bits per heavy atom. The van der Waals surface area contributed by atoms with Gasteiger partial charge in [-0.1, -0.05) is 24.3 Å². The minimum atomic E-state index is 0.0510. The second-order valence-electron chi connectivity index (χ2n) is 5.21. The number of nitrogens with one attached hydrogen (secondary N) is 2. The fourth-order valence-electron chi connectivity index (χ4n) is 2.66. The normalized spacial score (nSPS) is 14.7. The Kier molecular flexibility index (Phi) is 4.31. The number of carbonyl (C=O) groups excluding carboxylic acids is 1. The van der Waals surface area contributed by atoms with Crippen molar-refractivity contribution >= 4 is 16.9 Å². The van der Waals surface area contributed by atoms with Gasteiger partial charge in [-0.2, -0.15) is 0 Å². The molecule has 2 amide bonds. The number of rotatable bonds is 6. The lowest BCUT2D eigenvalue weighted by Gasteiger charge is -2.14. The van der Waals surface area contributed by atoms with Gasteiger partial charge in [-0.25, -0.2) is 4.79 Å². The largest absolute Gasteiger partial charge is 0.336 e. The van der Waals surface area contributed by atoms with Gasteiger partial charge in [-0.05, 0) is 24.6 Å². The van der Waals surface area contributed by atoms with Crippen molar-refractivity contribution in [3.63, 3.8) is 0 Å². The maximum absolute atomic E-state index is 11.4. The summed E-state index contributed by atoms with van der Waals surface area (Å²) in [6, 6.07) is 10.4. The van der Waals surface area contributed by atoms with Gasteiger partial charge in [0.2, 0.25) is 0 Å². The summed E-state index contributed by atoms with van der Waals surface area (Å²) in [5, 5.41) is 7.39. The second kappa shape index (κ2) is 6.54. The van der Waals surface area contributed by atoms with Gasteiger partial charge in [0.1, 0.15) is 0 Å². The number of fused-ring (bicyclic) bond motifs is 1. The van der Waals surface area contributed by atoms with Gasteiger partial charge < -0.3 is 15.5 Å². The monoisotopic (exact) mass is 284 g/mol. The molecule has 1 aliphatic heterocycles. The third-order valence-electron chi connectivity index (χ3n) is 3.79. The first-order chi connectivity index (χ1) is 10.3. The highest BCUT2D eigenvalue weighted by molar-refractivity contribution is 5.81. The molecule has 0 atom stereocenters. The standard InChI is InChI=1S/C16H20N4O/c21-16-19-10-12-20(16)11-9-17-8-6-14-4-1-3-13-5-2-7-18-15(13)14/h1-5,7,17H,6,8-12H2,(H,19,21). The molecule has 5 nitrogen and oxygen atoms in total. The predicted octanol–water partition coefficient (Wildman–Crippen LogP) is 1.39. The van der Waals surface area contributed by atoms with Crippen LogP contribution in [0.15, 0.2) is 36.5 Å². The molecule has 1 fully saturated rings. The van der Waals surface area contributed by atoms with Crippen molar-refractivity contribution < 1.29 is 4.79 Å². The number of hydrogen-bond acceptors (Lipinski definition) is 3. The molecule has 1 saturated heterocycles. The Labute approximate surface area is 124 Å². The molecule has 2 N–H and O–H groups in total. The Hall–Kier alpha value is -2.14. The number of pyridine rings is 1. The van der Waals surface area contributed by atoms with E-state index in [2.05, 4.69) is 39.9 Å². The van der Waals surface area contributed by atoms with Crippen LogP contribution in [0, 0.1) is 0 Å². The van der Waals surface area contributed by atoms with E-state index in [-0.39, 0.29) is 6.03 Å². The smallest absolute Gasteiger partial charge is 0.317 e. The van der Waals surface area contributed by atoms with Gasteiger partial charge in [-0.15, -0.1) is 0 Å². The lowest BCUT2D eigenvalue weighted by molar-refractivity contribution is 0.217. The average Bonchev–Trinajstić information content (AvgIpc) is 2.92. The van der Waals surface area contributed by atoms with Gasteiger partial charge >= 0.3 is 6.03 Å². The number of aromatic nitrogens is 1. The predicted molar refractivity (Wildman–Crippen MR) is 83.3 cm³/mol. The van der Waals surface area contributed by atoms with Gasteiger partial charge in [0.15, 0.2) is 0 Å². The SMILES string of the molecule is O=C1NCCN1CCNCCc1cccc2cccnc12. The Morgan fingerprint density at radius 2 is 2.14 bits per heavy atom. The molecule has 5 heteroatoms. The summed E-state index contributed by atoms with van der Waals surface area (Å²) in [7, 11) is 0. The highest BCUT2D eigenvalue weighted by Gasteiger charge is 2.17. The van der Waals surface area contributed by atoms with Crippen molar-refractivity contribution in [1.82, 2.24) is 20.5 Å². The van der Waals surface area contributed by atoms with Gasteiger partial charge in [0.05, 0.1) is 5.52 Å². The van der Waals surface area contributed by atoms with Crippen molar-refractivity contribution in [1.29, 1.82) is 0 Å². The first-order valence-corrected chi connectivity index (χ1v) is 7.41. The zero-order valence-electron chi connectivity index (χ0n) is 12.0. The molecule has 110 valence electrons. The van der Waals surface area contributed by atoms with Crippen LogP contribution >= 0.6 is 0 Å². The van der Waals surface area contributed by atoms with Crippen molar-refractivity contribution in [3.8, 4) is 0 Å². The average molecular weight is 284 g/mol. The first-order valence-electron chi connectivity index (χ1n) is 7.41. The van der Waals surface area contributed by atoms with Crippen LogP contribution in [0.3, 0.4) is 0 Å². The van der Waals surface area contributed by atoms with E-state index in [1.807, 2.05) is 17.2 Å². The van der Waals surface area contributed by atoms with E-state index in [0.29, 0.717) is 0 Å². The number of carbonyl (C=O) groups is 1. The molecular formula is C16H20N4O. The molecule has 21 heavy (non-hydrogen) atoms. The molecule has 0 aliphatic carbocycles. The summed E-state index contributed by atoms with van der Waals surface area (Å²) >= 11 is 0. The van der Waals surface area contributed by atoms with Crippen molar-refractivity contribution in [2.75, 3.05) is 32.7 Å². The Morgan fingerprint density at radius 1 is 1.24 bits per heavy atom. The molecule has 0 radical (unpaired) electrons. The quantitative estimate of drug-likeness (QED) is 0.788. The number of urea groups is 1. The summed E-state index contributed by atoms with van der Waals surface area (Å²) in [5.74, 6) is 0. The van der Waals surface area contributed by atoms with Gasteiger partial charge in [0, 0.05) is 37.8 Å². The second-order valence-corrected chi connectivity index (χ2v) is 5.21. The molecule has 0 unspecified atom stereocenters. The van der Waals surface area contributed by atoms with Crippen LogP contribution in [0.5, 0.6) is 0 Å². The number of hydrogen-bond donors (Lipinski definition) is 2. The molecule has 0 bridgehead atoms. The van der Waals surface area contributed by atoms with Crippen molar-refractivity contribution in [2.45, 2.75) is 6.42 Å². The third-order valence-corrected chi connectivity index (χ3v) is 3.79. The maximum Gasteiger partial charge on any atom is 0.317 e. The molecule has 0 saturated carbocycles. The molecule has 2 heterocycles. The van der Waals surface area contributed by atoms with E-state index < -0.39 is 0 Å². The van der Waals surface area contributed by atoms with E-state index in [4.69, 9.17) is 0 Å². The fraction of sp³-hybridized carbons (Fsp3) is 0.375. The molecule has 1 aromatic heterocycles. The summed E-state index contributed by atoms with van der Waals surface area (Å²) in [4.78, 5) is 17.7. The third kappa shape index (κ3) is 3.31. The van der Waals surface area contributed by atoms with Crippen LogP contribution in [-0.4, -0.2) is 48.6 Å². The Balaban J connectivity index is 1.47. The van der Waals surface area contributed by atoms with Gasteiger partial charge in [-0.3, -0.25) is 4.98 Å². The van der Waals surface area contributed by atoms with E-state index in [1.165, 1.54) is 10.9 Å². The summed E-state index contributed by atoms with van der Waals surface area (Å²) in [5.41, 5.74) is 2.35. The molecule has 3 rings (SSSR count). The van der Waals surface area contributed by atoms with E-state index in [1.54, 1.807) is 0 Å². The number of para-hydroxylation sites is 1. The minimum Gasteiger partial charge on any atom is -0.336 e. The number of nitrogens with zero attached hydrogens (tertiary/aromatic N) is 2. The van der Waals surface area contributed by atoms with Crippen LogP contribution in [0.2, 0.25) is 0 Å². The van der Waals surface area contributed by atoms with Crippen molar-refractivity contribution in [2.24, 2.45) is 0 Å². The lowest BCUT2D eigenvalue weighted by Crippen LogP contribution is -2.35. The van der Waals surface area contributed by atoms with Crippen LogP contribution in [0.4, 0.5) is 4.79 Å². The zero-order valence-corrected chi connectivity index (χ0v) is 12.0. The molecule has 1 aromatic carbocycles. The summed E-state index contributed by atoms with van der Waals surface area (Å²) in [6.07, 6.45) is 2.78. The van der Waals surface area contributed by atoms with Crippen LogP contribution < -0.4 is 10.6 Å². The minimum absolute atomic E-state index is 0.0510. The van der Waals surface area contributed by atoms with Gasteiger partial charge in [0.25, 0.3) is 0 Å². The lowest BCUT2D eigenvalue weighted by atomic mass is 10.1. The van der Waals surface area contributed by atoms with Crippen molar-refractivity contribution in [3.05, 3.63) is 42.1 Å². The number of amides is 2. The van der Waals surface area contributed by atoms with Crippen LogP contribution in [0.1, 0.15) is 5.56 Å².